The molecular weight excluding hydrogens is 244 g/mol. The second kappa shape index (κ2) is 4.42. The highest BCUT2D eigenvalue weighted by atomic mass is 32.1. The van der Waals surface area contributed by atoms with Crippen molar-refractivity contribution in [1.82, 2.24) is 4.98 Å². The summed E-state index contributed by atoms with van der Waals surface area (Å²) >= 11 is 1.84. The number of nitrogen functional groups attached to an aromatic ring is 1. The Morgan fingerprint density at radius 1 is 1.39 bits per heavy atom. The van der Waals surface area contributed by atoms with Crippen molar-refractivity contribution >= 4 is 23.0 Å². The van der Waals surface area contributed by atoms with Crippen LogP contribution in [0.3, 0.4) is 0 Å². The second-order valence-corrected chi connectivity index (χ2v) is 5.36. The van der Waals surface area contributed by atoms with Crippen LogP contribution in [0.15, 0.2) is 29.8 Å². The van der Waals surface area contributed by atoms with Gasteiger partial charge in [0.05, 0.1) is 0 Å². The van der Waals surface area contributed by atoms with Gasteiger partial charge in [-0.3, -0.25) is 5.41 Å². The number of aromatic nitrogens is 1. The molecule has 0 unspecified atom stereocenters. The molecule has 0 bridgehead atoms. The van der Waals surface area contributed by atoms with Gasteiger partial charge < -0.3 is 10.6 Å². The van der Waals surface area contributed by atoms with Gasteiger partial charge in [-0.2, -0.15) is 0 Å². The van der Waals surface area contributed by atoms with E-state index in [0.717, 1.165) is 25.3 Å². The lowest BCUT2D eigenvalue weighted by Crippen LogP contribution is -2.30. The molecule has 0 amide bonds. The summed E-state index contributed by atoms with van der Waals surface area (Å²) in [5.41, 5.74) is 7.50. The van der Waals surface area contributed by atoms with Crippen LogP contribution >= 0.6 is 11.3 Å². The van der Waals surface area contributed by atoms with Crippen molar-refractivity contribution in [3.05, 3.63) is 45.8 Å². The maximum Gasteiger partial charge on any atom is 0.128 e. The van der Waals surface area contributed by atoms with Crippen LogP contribution in [-0.2, 0) is 13.0 Å². The summed E-state index contributed by atoms with van der Waals surface area (Å²) in [6.45, 7) is 1.92. The topological polar surface area (TPSA) is 66.0 Å². The van der Waals surface area contributed by atoms with E-state index >= 15 is 0 Å². The van der Waals surface area contributed by atoms with E-state index in [9.17, 15) is 0 Å². The van der Waals surface area contributed by atoms with Crippen LogP contribution in [0.1, 0.15) is 16.0 Å². The largest absolute Gasteiger partial charge is 0.384 e. The Balaban J connectivity index is 1.82. The number of anilines is 1. The number of hydrogen-bond donors (Lipinski definition) is 2. The molecule has 3 N–H and O–H groups in total. The molecule has 0 aliphatic carbocycles. The van der Waals surface area contributed by atoms with Crippen LogP contribution in [0.2, 0.25) is 0 Å². The standard InChI is InChI=1S/C13H14N4S/c14-13(15)9-1-2-12(16-7-9)17-5-3-11-10(8-17)4-6-18-11/h1-2,4,6-7H,3,5,8H2,(H3,14,15). The Labute approximate surface area is 110 Å². The minimum absolute atomic E-state index is 0.0628. The average Bonchev–Trinajstić information content (AvgIpc) is 2.86. The highest BCUT2D eigenvalue weighted by molar-refractivity contribution is 7.10. The van der Waals surface area contributed by atoms with E-state index in [1.54, 1.807) is 6.20 Å². The third-order valence-corrected chi connectivity index (χ3v) is 4.21. The van der Waals surface area contributed by atoms with Crippen LogP contribution in [0, 0.1) is 5.41 Å². The fourth-order valence-corrected chi connectivity index (χ4v) is 3.07. The summed E-state index contributed by atoms with van der Waals surface area (Å²) in [6.07, 6.45) is 2.75. The molecule has 18 heavy (non-hydrogen) atoms. The van der Waals surface area contributed by atoms with E-state index in [-0.39, 0.29) is 5.84 Å². The third-order valence-electron chi connectivity index (χ3n) is 3.19. The van der Waals surface area contributed by atoms with Crippen molar-refractivity contribution in [2.45, 2.75) is 13.0 Å². The highest BCUT2D eigenvalue weighted by Crippen LogP contribution is 2.26. The molecule has 92 valence electrons. The Kier molecular flexibility index (Phi) is 2.76. The summed E-state index contributed by atoms with van der Waals surface area (Å²) in [4.78, 5) is 8.14. The summed E-state index contributed by atoms with van der Waals surface area (Å²) in [5, 5.41) is 9.50. The van der Waals surface area contributed by atoms with Crippen molar-refractivity contribution in [2.24, 2.45) is 5.73 Å². The monoisotopic (exact) mass is 258 g/mol. The van der Waals surface area contributed by atoms with Crippen LogP contribution in [0.5, 0.6) is 0 Å². The number of thiophene rings is 1. The average molecular weight is 258 g/mol. The molecule has 0 atom stereocenters. The lowest BCUT2D eigenvalue weighted by atomic mass is 10.1. The SMILES string of the molecule is N=C(N)c1ccc(N2CCc3sccc3C2)nc1. The second-order valence-electron chi connectivity index (χ2n) is 4.36. The number of rotatable bonds is 2. The third kappa shape index (κ3) is 1.97. The normalized spacial score (nSPS) is 14.3. The minimum Gasteiger partial charge on any atom is -0.384 e. The molecule has 4 nitrogen and oxygen atoms in total. The van der Waals surface area contributed by atoms with Gasteiger partial charge >= 0.3 is 0 Å². The van der Waals surface area contributed by atoms with Gasteiger partial charge in [-0.1, -0.05) is 0 Å². The van der Waals surface area contributed by atoms with E-state index in [1.807, 2.05) is 23.5 Å². The molecule has 0 saturated heterocycles. The van der Waals surface area contributed by atoms with Gasteiger partial charge in [0.1, 0.15) is 11.7 Å². The van der Waals surface area contributed by atoms with Crippen molar-refractivity contribution in [1.29, 1.82) is 5.41 Å². The summed E-state index contributed by atoms with van der Waals surface area (Å²) in [7, 11) is 0. The van der Waals surface area contributed by atoms with Crippen LogP contribution < -0.4 is 10.6 Å². The minimum atomic E-state index is 0.0628. The number of pyridine rings is 1. The first kappa shape index (κ1) is 11.2. The highest BCUT2D eigenvalue weighted by Gasteiger charge is 2.18. The molecule has 2 aromatic heterocycles. The Morgan fingerprint density at radius 3 is 3.00 bits per heavy atom. The van der Waals surface area contributed by atoms with Gasteiger partial charge in [0.15, 0.2) is 0 Å². The molecule has 0 fully saturated rings. The molecule has 0 saturated carbocycles. The Bertz CT molecular complexity index is 573. The van der Waals surface area contributed by atoms with Gasteiger partial charge in [-0.15, -0.1) is 11.3 Å². The zero-order valence-corrected chi connectivity index (χ0v) is 10.7. The molecule has 0 aromatic carbocycles. The fraction of sp³-hybridized carbons (Fsp3) is 0.231. The Hall–Kier alpha value is -1.88. The first-order valence-electron chi connectivity index (χ1n) is 5.84. The summed E-state index contributed by atoms with van der Waals surface area (Å²) < 4.78 is 0. The van der Waals surface area contributed by atoms with E-state index in [2.05, 4.69) is 21.3 Å². The lowest BCUT2D eigenvalue weighted by molar-refractivity contribution is 0.732. The maximum atomic E-state index is 7.35. The molecule has 5 heteroatoms. The van der Waals surface area contributed by atoms with Gasteiger partial charge in [0.25, 0.3) is 0 Å². The number of amidine groups is 1. The van der Waals surface area contributed by atoms with E-state index in [0.29, 0.717) is 5.56 Å². The number of nitrogens with one attached hydrogen (secondary N) is 1. The smallest absolute Gasteiger partial charge is 0.128 e. The molecule has 2 aromatic rings. The van der Waals surface area contributed by atoms with Crippen molar-refractivity contribution < 1.29 is 0 Å². The molecule has 3 heterocycles. The predicted octanol–water partition coefficient (Wildman–Crippen LogP) is 1.99. The molecule has 1 aliphatic heterocycles. The van der Waals surface area contributed by atoms with E-state index in [1.165, 1.54) is 10.4 Å². The lowest BCUT2D eigenvalue weighted by Gasteiger charge is -2.28. The van der Waals surface area contributed by atoms with Gasteiger partial charge in [-0.05, 0) is 35.6 Å². The van der Waals surface area contributed by atoms with Gasteiger partial charge in [0.2, 0.25) is 0 Å². The first-order chi connectivity index (χ1) is 8.74. The first-order valence-corrected chi connectivity index (χ1v) is 6.72. The maximum absolute atomic E-state index is 7.35. The van der Waals surface area contributed by atoms with Gasteiger partial charge in [0, 0.05) is 29.7 Å². The molecule has 0 radical (unpaired) electrons. The van der Waals surface area contributed by atoms with E-state index in [4.69, 9.17) is 11.1 Å². The molecular formula is C13H14N4S. The number of fused-ring (bicyclic) bond motifs is 1. The summed E-state index contributed by atoms with van der Waals surface area (Å²) in [6, 6.07) is 5.98. The van der Waals surface area contributed by atoms with Crippen LogP contribution in [-0.4, -0.2) is 17.4 Å². The van der Waals surface area contributed by atoms with Crippen molar-refractivity contribution in [2.75, 3.05) is 11.4 Å². The molecule has 3 rings (SSSR count). The number of hydrogen-bond acceptors (Lipinski definition) is 4. The fourth-order valence-electron chi connectivity index (χ4n) is 2.18. The van der Waals surface area contributed by atoms with Crippen molar-refractivity contribution in [3.63, 3.8) is 0 Å². The zero-order chi connectivity index (χ0) is 12.5. The number of nitrogens with zero attached hydrogens (tertiary/aromatic N) is 2. The van der Waals surface area contributed by atoms with Crippen molar-refractivity contribution in [3.8, 4) is 0 Å². The molecule has 1 aliphatic rings. The van der Waals surface area contributed by atoms with E-state index < -0.39 is 0 Å². The van der Waals surface area contributed by atoms with Crippen LogP contribution in [0.25, 0.3) is 0 Å². The Morgan fingerprint density at radius 2 is 2.28 bits per heavy atom. The molecule has 0 spiro atoms. The summed E-state index contributed by atoms with van der Waals surface area (Å²) in [5.74, 6) is 1.02. The predicted molar refractivity (Wildman–Crippen MR) is 74.3 cm³/mol. The number of nitrogens with two attached hydrogens (primary N) is 1. The van der Waals surface area contributed by atoms with Crippen LogP contribution in [0.4, 0.5) is 5.82 Å². The zero-order valence-electron chi connectivity index (χ0n) is 9.89. The van der Waals surface area contributed by atoms with Gasteiger partial charge in [-0.25, -0.2) is 4.98 Å². The quantitative estimate of drug-likeness (QED) is 0.639.